The van der Waals surface area contributed by atoms with Gasteiger partial charge in [0.1, 0.15) is 12.4 Å². The highest BCUT2D eigenvalue weighted by Crippen LogP contribution is 2.36. The van der Waals surface area contributed by atoms with E-state index < -0.39 is 0 Å². The van der Waals surface area contributed by atoms with E-state index in [4.69, 9.17) is 4.74 Å². The first-order chi connectivity index (χ1) is 10.6. The van der Waals surface area contributed by atoms with Crippen LogP contribution in [0.5, 0.6) is 5.75 Å². The largest absolute Gasteiger partial charge is 0.492 e. The van der Waals surface area contributed by atoms with Crippen molar-refractivity contribution in [3.8, 4) is 5.75 Å². The summed E-state index contributed by atoms with van der Waals surface area (Å²) in [5.41, 5.74) is 2.95. The topological polar surface area (TPSA) is 19.0 Å². The molecule has 4 nitrogen and oxygen atoms in total. The van der Waals surface area contributed by atoms with Crippen LogP contribution in [0.2, 0.25) is 0 Å². The molecule has 22 heavy (non-hydrogen) atoms. The molecule has 1 unspecified atom stereocenters. The summed E-state index contributed by atoms with van der Waals surface area (Å²) in [6.45, 7) is 6.49. The Morgan fingerprint density at radius 1 is 1.18 bits per heavy atom. The van der Waals surface area contributed by atoms with Gasteiger partial charge in [-0.25, -0.2) is 0 Å². The van der Waals surface area contributed by atoms with Gasteiger partial charge in [-0.05, 0) is 57.2 Å². The molecule has 122 valence electrons. The predicted octanol–water partition coefficient (Wildman–Crippen LogP) is 1.86. The van der Waals surface area contributed by atoms with E-state index in [1.54, 1.807) is 0 Å². The van der Waals surface area contributed by atoms with Crippen molar-refractivity contribution < 1.29 is 4.74 Å². The first kappa shape index (κ1) is 15.8. The molecule has 0 aromatic heterocycles. The predicted molar refractivity (Wildman–Crippen MR) is 90.6 cm³/mol. The number of nitrogens with zero attached hydrogens (tertiary/aromatic N) is 3. The highest BCUT2D eigenvalue weighted by Gasteiger charge is 2.24. The van der Waals surface area contributed by atoms with Gasteiger partial charge in [0, 0.05) is 38.8 Å². The third-order valence-corrected chi connectivity index (χ3v) is 5.06. The van der Waals surface area contributed by atoms with E-state index >= 15 is 0 Å². The number of fused-ring (bicyclic) bond motifs is 1. The summed E-state index contributed by atoms with van der Waals surface area (Å²) in [6, 6.07) is 7.24. The van der Waals surface area contributed by atoms with E-state index in [9.17, 15) is 0 Å². The van der Waals surface area contributed by atoms with Gasteiger partial charge < -0.3 is 14.5 Å². The van der Waals surface area contributed by atoms with E-state index in [0.29, 0.717) is 6.04 Å². The van der Waals surface area contributed by atoms with Gasteiger partial charge in [-0.2, -0.15) is 0 Å². The average molecular weight is 303 g/mol. The minimum Gasteiger partial charge on any atom is -0.492 e. The molecule has 1 aliphatic heterocycles. The normalized spacial score (nSPS) is 23.0. The minimum absolute atomic E-state index is 0.578. The van der Waals surface area contributed by atoms with Crippen molar-refractivity contribution in [2.45, 2.75) is 18.9 Å². The Labute approximate surface area is 134 Å². The van der Waals surface area contributed by atoms with Gasteiger partial charge in [0.05, 0.1) is 0 Å². The molecule has 0 spiro atoms. The van der Waals surface area contributed by atoms with E-state index in [2.05, 4.69) is 54.0 Å². The third kappa shape index (κ3) is 3.62. The molecular formula is C18H29N3O. The van der Waals surface area contributed by atoms with Crippen molar-refractivity contribution in [3.63, 3.8) is 0 Å². The van der Waals surface area contributed by atoms with Crippen molar-refractivity contribution >= 4 is 0 Å². The van der Waals surface area contributed by atoms with Crippen LogP contribution in [0, 0.1) is 0 Å². The van der Waals surface area contributed by atoms with Crippen molar-refractivity contribution in [2.75, 3.05) is 60.5 Å². The molecule has 1 aliphatic carbocycles. The van der Waals surface area contributed by atoms with Crippen LogP contribution in [-0.2, 0) is 6.42 Å². The summed E-state index contributed by atoms with van der Waals surface area (Å²) < 4.78 is 5.99. The van der Waals surface area contributed by atoms with Crippen molar-refractivity contribution in [3.05, 3.63) is 29.3 Å². The maximum atomic E-state index is 5.99. The first-order valence-electron chi connectivity index (χ1n) is 8.46. The van der Waals surface area contributed by atoms with Crippen molar-refractivity contribution in [2.24, 2.45) is 0 Å². The summed E-state index contributed by atoms with van der Waals surface area (Å²) in [7, 11) is 6.53. The highest BCUT2D eigenvalue weighted by atomic mass is 16.5. The Morgan fingerprint density at radius 3 is 2.68 bits per heavy atom. The number of hydrogen-bond acceptors (Lipinski definition) is 4. The number of likely N-dealkylation sites (N-methyl/N-ethyl adjacent to an activating group) is 1. The number of aryl methyl sites for hydroxylation is 1. The van der Waals surface area contributed by atoms with Crippen LogP contribution >= 0.6 is 0 Å². The third-order valence-electron chi connectivity index (χ3n) is 5.06. The smallest absolute Gasteiger partial charge is 0.119 e. The van der Waals surface area contributed by atoms with Crippen LogP contribution in [0.4, 0.5) is 0 Å². The summed E-state index contributed by atoms with van der Waals surface area (Å²) >= 11 is 0. The molecule has 1 aromatic rings. The molecule has 4 heteroatoms. The Hall–Kier alpha value is -1.10. The second kappa shape index (κ2) is 6.99. The van der Waals surface area contributed by atoms with E-state index in [-0.39, 0.29) is 0 Å². The molecule has 0 bridgehead atoms. The molecule has 1 saturated heterocycles. The lowest BCUT2D eigenvalue weighted by Gasteiger charge is -2.32. The van der Waals surface area contributed by atoms with Gasteiger partial charge in [0.25, 0.3) is 0 Å². The molecule has 1 aromatic carbocycles. The zero-order valence-electron chi connectivity index (χ0n) is 14.2. The summed E-state index contributed by atoms with van der Waals surface area (Å²) in [4.78, 5) is 7.20. The average Bonchev–Trinajstić information content (AvgIpc) is 2.92. The number of benzene rings is 1. The number of rotatable bonds is 5. The molecular weight excluding hydrogens is 274 g/mol. The van der Waals surface area contributed by atoms with Crippen molar-refractivity contribution in [1.29, 1.82) is 0 Å². The molecule has 0 radical (unpaired) electrons. The molecule has 1 heterocycles. The molecule has 0 amide bonds. The summed E-state index contributed by atoms with van der Waals surface area (Å²) in [6.07, 6.45) is 2.40. The fourth-order valence-corrected chi connectivity index (χ4v) is 3.56. The monoisotopic (exact) mass is 303 g/mol. The fraction of sp³-hybridized carbons (Fsp3) is 0.667. The van der Waals surface area contributed by atoms with Gasteiger partial charge in [-0.15, -0.1) is 0 Å². The SMILES string of the molecule is CN1CCN(CCOc2ccc3c(c2)CCC3N(C)C)CC1. The molecule has 3 rings (SSSR count). The zero-order valence-corrected chi connectivity index (χ0v) is 14.2. The van der Waals surface area contributed by atoms with Crippen LogP contribution in [0.15, 0.2) is 18.2 Å². The van der Waals surface area contributed by atoms with Crippen LogP contribution in [0.1, 0.15) is 23.6 Å². The number of ether oxygens (including phenoxy) is 1. The molecule has 1 fully saturated rings. The summed E-state index contributed by atoms with van der Waals surface area (Å²) in [5, 5.41) is 0. The van der Waals surface area contributed by atoms with Gasteiger partial charge in [-0.1, -0.05) is 6.07 Å². The lowest BCUT2D eigenvalue weighted by Crippen LogP contribution is -2.45. The number of piperazine rings is 1. The lowest BCUT2D eigenvalue weighted by molar-refractivity contribution is 0.133. The summed E-state index contributed by atoms with van der Waals surface area (Å²) in [5.74, 6) is 1.03. The molecule has 2 aliphatic rings. The maximum Gasteiger partial charge on any atom is 0.119 e. The van der Waals surface area contributed by atoms with E-state index in [1.807, 2.05) is 0 Å². The van der Waals surface area contributed by atoms with Gasteiger partial charge in [-0.3, -0.25) is 4.90 Å². The Kier molecular flexibility index (Phi) is 5.01. The Bertz CT molecular complexity index is 495. The zero-order chi connectivity index (χ0) is 15.5. The molecule has 1 atom stereocenters. The van der Waals surface area contributed by atoms with Crippen LogP contribution < -0.4 is 4.74 Å². The van der Waals surface area contributed by atoms with Crippen LogP contribution in [0.3, 0.4) is 0 Å². The van der Waals surface area contributed by atoms with Crippen LogP contribution in [0.25, 0.3) is 0 Å². The maximum absolute atomic E-state index is 5.99. The standard InChI is InChI=1S/C18H29N3O/c1-19(2)18-7-4-15-14-16(5-6-17(15)18)22-13-12-21-10-8-20(3)9-11-21/h5-6,14,18H,4,7-13H2,1-3H3. The van der Waals surface area contributed by atoms with Crippen molar-refractivity contribution in [1.82, 2.24) is 14.7 Å². The Morgan fingerprint density at radius 2 is 1.95 bits per heavy atom. The Balaban J connectivity index is 1.50. The molecule has 0 N–H and O–H groups in total. The van der Waals surface area contributed by atoms with Crippen LogP contribution in [-0.4, -0.2) is 75.2 Å². The lowest BCUT2D eigenvalue weighted by atomic mass is 10.1. The fourth-order valence-electron chi connectivity index (χ4n) is 3.56. The second-order valence-corrected chi connectivity index (χ2v) is 6.87. The minimum atomic E-state index is 0.578. The molecule has 0 saturated carbocycles. The first-order valence-corrected chi connectivity index (χ1v) is 8.46. The van der Waals surface area contributed by atoms with Gasteiger partial charge in [0.2, 0.25) is 0 Å². The quantitative estimate of drug-likeness (QED) is 0.826. The highest BCUT2D eigenvalue weighted by molar-refractivity contribution is 5.40. The van der Waals surface area contributed by atoms with E-state index in [1.165, 1.54) is 37.1 Å². The van der Waals surface area contributed by atoms with Gasteiger partial charge >= 0.3 is 0 Å². The number of hydrogen-bond donors (Lipinski definition) is 0. The van der Waals surface area contributed by atoms with E-state index in [0.717, 1.165) is 32.0 Å². The van der Waals surface area contributed by atoms with Gasteiger partial charge in [0.15, 0.2) is 0 Å². The second-order valence-electron chi connectivity index (χ2n) is 6.87.